The number of nitro groups is 1. The van der Waals surface area contributed by atoms with Crippen molar-refractivity contribution in [1.29, 1.82) is 0 Å². The first-order valence-electron chi connectivity index (χ1n) is 7.63. The fraction of sp³-hybridized carbons (Fsp3) is 0.118. The molecule has 0 aliphatic heterocycles. The Hall–Kier alpha value is -3.95. The molecule has 1 N–H and O–H groups in total. The summed E-state index contributed by atoms with van der Waals surface area (Å²) < 4.78 is 15.9. The van der Waals surface area contributed by atoms with Gasteiger partial charge in [-0.1, -0.05) is 11.2 Å². The first-order valence-corrected chi connectivity index (χ1v) is 7.63. The van der Waals surface area contributed by atoms with E-state index in [2.05, 4.69) is 15.5 Å². The molecule has 10 nitrogen and oxygen atoms in total. The number of amides is 1. The molecule has 3 aromatic rings. The van der Waals surface area contributed by atoms with E-state index >= 15 is 0 Å². The number of aromatic nitrogens is 2. The summed E-state index contributed by atoms with van der Waals surface area (Å²) in [6.07, 6.45) is 0. The number of benzene rings is 2. The van der Waals surface area contributed by atoms with Gasteiger partial charge in [0, 0.05) is 17.7 Å². The monoisotopic (exact) mass is 370 g/mol. The number of nitrogens with one attached hydrogen (secondary N) is 1. The molecule has 0 aliphatic rings. The Labute approximate surface area is 152 Å². The summed E-state index contributed by atoms with van der Waals surface area (Å²) in [5.41, 5.74) is 0.373. The topological polar surface area (TPSA) is 130 Å². The van der Waals surface area contributed by atoms with Crippen molar-refractivity contribution in [2.45, 2.75) is 0 Å². The van der Waals surface area contributed by atoms with Gasteiger partial charge in [-0.2, -0.15) is 0 Å². The Morgan fingerprint density at radius 1 is 1.15 bits per heavy atom. The Bertz CT molecular complexity index is 1000. The van der Waals surface area contributed by atoms with Crippen LogP contribution in [0.3, 0.4) is 0 Å². The largest absolute Gasteiger partial charge is 0.497 e. The van der Waals surface area contributed by atoms with Gasteiger partial charge < -0.3 is 13.9 Å². The minimum atomic E-state index is -0.619. The van der Waals surface area contributed by atoms with E-state index in [0.717, 1.165) is 6.07 Å². The van der Waals surface area contributed by atoms with Crippen LogP contribution in [0.25, 0.3) is 11.5 Å². The quantitative estimate of drug-likeness (QED) is 0.518. The molecule has 27 heavy (non-hydrogen) atoms. The van der Waals surface area contributed by atoms with Gasteiger partial charge in [0.2, 0.25) is 0 Å². The van der Waals surface area contributed by atoms with Gasteiger partial charge in [-0.15, -0.1) is 5.10 Å². The average Bonchev–Trinajstić information content (AvgIpc) is 3.15. The minimum Gasteiger partial charge on any atom is -0.497 e. The molecule has 3 rings (SSSR count). The molecule has 138 valence electrons. The molecule has 0 saturated heterocycles. The first-order chi connectivity index (χ1) is 13.0. The number of methoxy groups -OCH3 is 2. The summed E-state index contributed by atoms with van der Waals surface area (Å²) in [5, 5.41) is 20.9. The molecule has 0 saturated carbocycles. The number of nitro benzene ring substituents is 1. The molecule has 1 heterocycles. The molecule has 1 amide bonds. The van der Waals surface area contributed by atoms with Gasteiger partial charge in [0.1, 0.15) is 11.5 Å². The Kier molecular flexibility index (Phi) is 4.97. The lowest BCUT2D eigenvalue weighted by Crippen LogP contribution is -2.12. The predicted octanol–water partition coefficient (Wildman–Crippen LogP) is 2.91. The van der Waals surface area contributed by atoms with Gasteiger partial charge in [0.05, 0.1) is 24.7 Å². The Morgan fingerprint density at radius 3 is 2.67 bits per heavy atom. The van der Waals surface area contributed by atoms with Crippen molar-refractivity contribution in [2.75, 3.05) is 19.5 Å². The highest BCUT2D eigenvalue weighted by Crippen LogP contribution is 2.33. The second kappa shape index (κ2) is 7.52. The third kappa shape index (κ3) is 3.84. The summed E-state index contributed by atoms with van der Waals surface area (Å²) in [5.74, 6) is 0.536. The maximum Gasteiger partial charge on any atom is 0.322 e. The normalized spacial score (nSPS) is 10.3. The van der Waals surface area contributed by atoms with Crippen LogP contribution in [0.5, 0.6) is 11.5 Å². The van der Waals surface area contributed by atoms with E-state index < -0.39 is 10.8 Å². The molecule has 0 radical (unpaired) electrons. The van der Waals surface area contributed by atoms with Crippen LogP contribution in [-0.4, -0.2) is 35.2 Å². The number of rotatable bonds is 6. The summed E-state index contributed by atoms with van der Waals surface area (Å²) in [4.78, 5) is 22.5. The zero-order chi connectivity index (χ0) is 19.4. The number of ether oxygens (including phenoxy) is 2. The average molecular weight is 370 g/mol. The van der Waals surface area contributed by atoms with Crippen molar-refractivity contribution in [3.63, 3.8) is 0 Å². The van der Waals surface area contributed by atoms with Crippen molar-refractivity contribution >= 4 is 17.6 Å². The van der Waals surface area contributed by atoms with E-state index in [1.54, 1.807) is 18.2 Å². The second-order valence-corrected chi connectivity index (χ2v) is 5.24. The standard InChI is InChI=1S/C17H14N4O6/c1-25-12-6-7-14(26-2)13(9-12)16-19-20-17(27-16)18-15(22)10-4-3-5-11(8-10)21(23)24/h3-9H,1-2H3,(H,18,20,22). The summed E-state index contributed by atoms with van der Waals surface area (Å²) >= 11 is 0. The zero-order valence-electron chi connectivity index (χ0n) is 14.3. The van der Waals surface area contributed by atoms with Crippen molar-refractivity contribution in [2.24, 2.45) is 0 Å². The van der Waals surface area contributed by atoms with Gasteiger partial charge in [-0.25, -0.2) is 0 Å². The van der Waals surface area contributed by atoms with E-state index in [1.165, 1.54) is 32.4 Å². The fourth-order valence-electron chi connectivity index (χ4n) is 2.29. The lowest BCUT2D eigenvalue weighted by molar-refractivity contribution is -0.384. The Balaban J connectivity index is 1.83. The number of hydrogen-bond acceptors (Lipinski definition) is 8. The smallest absolute Gasteiger partial charge is 0.322 e. The van der Waals surface area contributed by atoms with E-state index in [9.17, 15) is 14.9 Å². The molecule has 2 aromatic carbocycles. The van der Waals surface area contributed by atoms with Crippen LogP contribution in [0.15, 0.2) is 46.9 Å². The maximum atomic E-state index is 12.3. The van der Waals surface area contributed by atoms with Gasteiger partial charge in [-0.05, 0) is 24.3 Å². The lowest BCUT2D eigenvalue weighted by Gasteiger charge is -2.07. The molecule has 0 spiro atoms. The van der Waals surface area contributed by atoms with Crippen LogP contribution in [0, 0.1) is 10.1 Å². The number of hydrogen-bond donors (Lipinski definition) is 1. The van der Waals surface area contributed by atoms with Crippen LogP contribution in [0.4, 0.5) is 11.7 Å². The SMILES string of the molecule is COc1ccc(OC)c(-c2nnc(NC(=O)c3cccc([N+](=O)[O-])c3)o2)c1. The minimum absolute atomic E-state index is 0.0860. The summed E-state index contributed by atoms with van der Waals surface area (Å²) in [6.45, 7) is 0. The molecule has 0 unspecified atom stereocenters. The molecule has 1 aromatic heterocycles. The second-order valence-electron chi connectivity index (χ2n) is 5.24. The van der Waals surface area contributed by atoms with Crippen LogP contribution in [0.2, 0.25) is 0 Å². The van der Waals surface area contributed by atoms with E-state index in [0.29, 0.717) is 17.1 Å². The van der Waals surface area contributed by atoms with Crippen LogP contribution in [-0.2, 0) is 0 Å². The highest BCUT2D eigenvalue weighted by molar-refractivity contribution is 6.03. The first kappa shape index (κ1) is 17.9. The number of non-ortho nitro benzene ring substituents is 1. The molecule has 0 atom stereocenters. The molecular weight excluding hydrogens is 356 g/mol. The van der Waals surface area contributed by atoms with Crippen molar-refractivity contribution in [1.82, 2.24) is 10.2 Å². The molecule has 10 heteroatoms. The van der Waals surface area contributed by atoms with Gasteiger partial charge in [-0.3, -0.25) is 20.2 Å². The molecule has 0 bridgehead atoms. The lowest BCUT2D eigenvalue weighted by atomic mass is 10.2. The van der Waals surface area contributed by atoms with Crippen molar-refractivity contribution in [3.05, 3.63) is 58.1 Å². The van der Waals surface area contributed by atoms with Gasteiger partial charge in [0.25, 0.3) is 17.5 Å². The number of nitrogens with zero attached hydrogens (tertiary/aromatic N) is 3. The summed E-state index contributed by atoms with van der Waals surface area (Å²) in [6, 6.07) is 10.2. The highest BCUT2D eigenvalue weighted by atomic mass is 16.6. The van der Waals surface area contributed by atoms with E-state index in [1.807, 2.05) is 0 Å². The molecule has 0 fully saturated rings. The number of carbonyl (C=O) groups is 1. The van der Waals surface area contributed by atoms with Crippen LogP contribution >= 0.6 is 0 Å². The van der Waals surface area contributed by atoms with E-state index in [-0.39, 0.29) is 23.2 Å². The Morgan fingerprint density at radius 2 is 1.96 bits per heavy atom. The van der Waals surface area contributed by atoms with E-state index in [4.69, 9.17) is 13.9 Å². The van der Waals surface area contributed by atoms with Gasteiger partial charge in [0.15, 0.2) is 0 Å². The molecule has 0 aliphatic carbocycles. The van der Waals surface area contributed by atoms with Gasteiger partial charge >= 0.3 is 6.01 Å². The van der Waals surface area contributed by atoms with Crippen LogP contribution in [0.1, 0.15) is 10.4 Å². The maximum absolute atomic E-state index is 12.3. The fourth-order valence-corrected chi connectivity index (χ4v) is 2.29. The predicted molar refractivity (Wildman–Crippen MR) is 93.9 cm³/mol. The number of anilines is 1. The third-order valence-electron chi connectivity index (χ3n) is 3.60. The summed E-state index contributed by atoms with van der Waals surface area (Å²) in [7, 11) is 3.01. The van der Waals surface area contributed by atoms with Crippen molar-refractivity contribution in [3.8, 4) is 23.0 Å². The highest BCUT2D eigenvalue weighted by Gasteiger charge is 2.18. The third-order valence-corrected chi connectivity index (χ3v) is 3.60. The molecular formula is C17H14N4O6. The van der Waals surface area contributed by atoms with Crippen molar-refractivity contribution < 1.29 is 23.6 Å². The zero-order valence-corrected chi connectivity index (χ0v) is 14.3. The number of carbonyl (C=O) groups excluding carboxylic acids is 1. The van der Waals surface area contributed by atoms with Crippen LogP contribution < -0.4 is 14.8 Å².